The third-order valence-electron chi connectivity index (χ3n) is 2.26. The molecule has 0 radical (unpaired) electrons. The highest BCUT2D eigenvalue weighted by Crippen LogP contribution is 2.25. The lowest BCUT2D eigenvalue weighted by Crippen LogP contribution is -2.30. The molecule has 1 aliphatic rings. The first-order chi connectivity index (χ1) is 6.29. The van der Waals surface area contributed by atoms with Gasteiger partial charge in [-0.1, -0.05) is 11.6 Å². The molecule has 1 atom stereocenters. The third-order valence-corrected chi connectivity index (χ3v) is 3.43. The van der Waals surface area contributed by atoms with Crippen LogP contribution in [-0.4, -0.2) is 18.4 Å². The number of nitrogens with one attached hydrogen (secondary N) is 1. The lowest BCUT2D eigenvalue weighted by Gasteiger charge is -2.07. The summed E-state index contributed by atoms with van der Waals surface area (Å²) in [6.07, 6.45) is 2.02. The fourth-order valence-electron chi connectivity index (χ4n) is 1.57. The monoisotopic (exact) mass is 215 g/mol. The molecule has 0 aliphatic carbocycles. The minimum Gasteiger partial charge on any atom is -0.307 e. The van der Waals surface area contributed by atoms with Gasteiger partial charge >= 0.3 is 0 Å². The molecule has 0 amide bonds. The first-order valence-corrected chi connectivity index (χ1v) is 5.55. The molecular weight excluding hydrogens is 206 g/mol. The molecule has 13 heavy (non-hydrogen) atoms. The lowest BCUT2D eigenvalue weighted by molar-refractivity contribution is 0.0953. The predicted molar refractivity (Wildman–Crippen MR) is 54.7 cm³/mol. The van der Waals surface area contributed by atoms with Gasteiger partial charge in [-0.3, -0.25) is 4.79 Å². The fourth-order valence-corrected chi connectivity index (χ4v) is 2.50. The van der Waals surface area contributed by atoms with Crippen molar-refractivity contribution in [3.63, 3.8) is 0 Å². The molecular formula is C9H10ClNOS. The molecule has 2 nitrogen and oxygen atoms in total. The summed E-state index contributed by atoms with van der Waals surface area (Å²) >= 11 is 7.29. The van der Waals surface area contributed by atoms with Gasteiger partial charge in [-0.2, -0.15) is 0 Å². The van der Waals surface area contributed by atoms with Crippen LogP contribution in [0.2, 0.25) is 4.34 Å². The maximum Gasteiger partial charge on any atom is 0.182 e. The van der Waals surface area contributed by atoms with Crippen molar-refractivity contribution in [2.45, 2.75) is 18.9 Å². The predicted octanol–water partition coefficient (Wildman–Crippen LogP) is 2.34. The minimum atomic E-state index is -0.00731. The number of carbonyl (C=O) groups is 1. The van der Waals surface area contributed by atoms with Crippen LogP contribution in [0.1, 0.15) is 23.2 Å². The average molecular weight is 216 g/mol. The van der Waals surface area contributed by atoms with E-state index >= 15 is 0 Å². The van der Waals surface area contributed by atoms with Crippen molar-refractivity contribution >= 4 is 28.7 Å². The summed E-state index contributed by atoms with van der Waals surface area (Å²) in [5.74, 6) is 0.142. The van der Waals surface area contributed by atoms with E-state index in [4.69, 9.17) is 11.6 Å². The van der Waals surface area contributed by atoms with Gasteiger partial charge in [-0.15, -0.1) is 11.3 Å². The van der Waals surface area contributed by atoms with Crippen molar-refractivity contribution in [2.75, 3.05) is 6.54 Å². The second-order valence-electron chi connectivity index (χ2n) is 3.12. The van der Waals surface area contributed by atoms with Crippen LogP contribution in [-0.2, 0) is 0 Å². The number of ketones is 1. The van der Waals surface area contributed by atoms with Crippen molar-refractivity contribution in [1.82, 2.24) is 5.32 Å². The molecule has 1 saturated heterocycles. The van der Waals surface area contributed by atoms with Gasteiger partial charge in [0.05, 0.1) is 6.04 Å². The zero-order valence-electron chi connectivity index (χ0n) is 7.05. The molecule has 0 bridgehead atoms. The molecule has 1 N–H and O–H groups in total. The number of carbonyl (C=O) groups excluding carboxylic acids is 1. The van der Waals surface area contributed by atoms with Crippen molar-refractivity contribution in [3.05, 3.63) is 21.3 Å². The summed E-state index contributed by atoms with van der Waals surface area (Å²) in [6, 6.07) is 1.79. The topological polar surface area (TPSA) is 29.1 Å². The van der Waals surface area contributed by atoms with Gasteiger partial charge in [0.2, 0.25) is 0 Å². The van der Waals surface area contributed by atoms with E-state index in [1.807, 2.05) is 5.38 Å². The summed E-state index contributed by atoms with van der Waals surface area (Å²) in [5, 5.41) is 5.02. The summed E-state index contributed by atoms with van der Waals surface area (Å²) in [4.78, 5) is 11.8. The summed E-state index contributed by atoms with van der Waals surface area (Å²) in [5.41, 5.74) is 0.672. The Morgan fingerprint density at radius 1 is 1.69 bits per heavy atom. The van der Waals surface area contributed by atoms with Gasteiger partial charge in [-0.05, 0) is 30.8 Å². The van der Waals surface area contributed by atoms with E-state index in [0.29, 0.717) is 9.90 Å². The number of Topliss-reactive ketones (excluding diaryl/α,β-unsaturated/α-hetero) is 1. The number of thiophene rings is 1. The molecule has 0 spiro atoms. The van der Waals surface area contributed by atoms with Crippen LogP contribution in [0, 0.1) is 0 Å². The molecule has 2 heterocycles. The van der Waals surface area contributed by atoms with E-state index in [2.05, 4.69) is 5.32 Å². The van der Waals surface area contributed by atoms with Crippen molar-refractivity contribution in [1.29, 1.82) is 0 Å². The Hall–Kier alpha value is -0.380. The molecule has 1 aromatic heterocycles. The Kier molecular flexibility index (Phi) is 2.67. The highest BCUT2D eigenvalue weighted by Gasteiger charge is 2.24. The van der Waals surface area contributed by atoms with Crippen molar-refractivity contribution in [3.8, 4) is 0 Å². The SMILES string of the molecule is O=C(c1ccsc1Cl)C1CCCN1. The first kappa shape index (κ1) is 9.19. The fraction of sp³-hybridized carbons (Fsp3) is 0.444. The smallest absolute Gasteiger partial charge is 0.182 e. The average Bonchev–Trinajstić information content (AvgIpc) is 2.72. The Balaban J connectivity index is 2.17. The zero-order chi connectivity index (χ0) is 9.26. The number of hydrogen-bond donors (Lipinski definition) is 1. The maximum absolute atomic E-state index is 11.8. The van der Waals surface area contributed by atoms with Crippen LogP contribution < -0.4 is 5.32 Å². The normalized spacial score (nSPS) is 22.1. The quantitative estimate of drug-likeness (QED) is 0.768. The maximum atomic E-state index is 11.8. The van der Waals surface area contributed by atoms with E-state index in [1.165, 1.54) is 11.3 Å². The van der Waals surface area contributed by atoms with E-state index in [0.717, 1.165) is 19.4 Å². The second kappa shape index (κ2) is 3.78. The molecule has 70 valence electrons. The van der Waals surface area contributed by atoms with Crippen molar-refractivity contribution in [2.24, 2.45) is 0 Å². The van der Waals surface area contributed by atoms with E-state index in [-0.39, 0.29) is 11.8 Å². The summed E-state index contributed by atoms with van der Waals surface area (Å²) in [7, 11) is 0. The van der Waals surface area contributed by atoms with Gasteiger partial charge in [0.25, 0.3) is 0 Å². The summed E-state index contributed by atoms with van der Waals surface area (Å²) < 4.78 is 0.610. The lowest BCUT2D eigenvalue weighted by atomic mass is 10.1. The number of hydrogen-bond acceptors (Lipinski definition) is 3. The molecule has 1 aromatic rings. The summed E-state index contributed by atoms with van der Waals surface area (Å²) in [6.45, 7) is 0.943. The van der Waals surface area contributed by atoms with E-state index in [9.17, 15) is 4.79 Å². The van der Waals surface area contributed by atoms with Crippen molar-refractivity contribution < 1.29 is 4.79 Å². The molecule has 0 aromatic carbocycles. The van der Waals surface area contributed by atoms with Crippen LogP contribution >= 0.6 is 22.9 Å². The molecule has 1 fully saturated rings. The third kappa shape index (κ3) is 1.77. The molecule has 2 rings (SSSR count). The number of halogens is 1. The number of rotatable bonds is 2. The van der Waals surface area contributed by atoms with Crippen LogP contribution in [0.25, 0.3) is 0 Å². The van der Waals surface area contributed by atoms with E-state index in [1.54, 1.807) is 6.07 Å². The minimum absolute atomic E-state index is 0.00731. The van der Waals surface area contributed by atoms with Crippen LogP contribution in [0.15, 0.2) is 11.4 Å². The Morgan fingerprint density at radius 2 is 2.54 bits per heavy atom. The first-order valence-electron chi connectivity index (χ1n) is 4.29. The van der Waals surface area contributed by atoms with Crippen LogP contribution in [0.5, 0.6) is 0 Å². The van der Waals surface area contributed by atoms with Crippen LogP contribution in [0.3, 0.4) is 0 Å². The zero-order valence-corrected chi connectivity index (χ0v) is 8.62. The highest BCUT2D eigenvalue weighted by molar-refractivity contribution is 7.14. The molecule has 1 aliphatic heterocycles. The molecule has 4 heteroatoms. The highest BCUT2D eigenvalue weighted by atomic mass is 35.5. The Labute approximate surface area is 85.9 Å². The van der Waals surface area contributed by atoms with E-state index < -0.39 is 0 Å². The molecule has 0 saturated carbocycles. The van der Waals surface area contributed by atoms with Crippen LogP contribution in [0.4, 0.5) is 0 Å². The standard InChI is InChI=1S/C9H10ClNOS/c10-9-6(3-5-13-9)8(12)7-2-1-4-11-7/h3,5,7,11H,1-2,4H2. The van der Waals surface area contributed by atoms with Gasteiger partial charge in [0.1, 0.15) is 4.34 Å². The Morgan fingerprint density at radius 3 is 3.08 bits per heavy atom. The molecule has 1 unspecified atom stereocenters. The van der Waals surface area contributed by atoms with Gasteiger partial charge < -0.3 is 5.32 Å². The second-order valence-corrected chi connectivity index (χ2v) is 4.64. The van der Waals surface area contributed by atoms with Gasteiger partial charge in [-0.25, -0.2) is 0 Å². The van der Waals surface area contributed by atoms with Gasteiger partial charge in [0, 0.05) is 5.56 Å². The Bertz CT molecular complexity index is 317. The van der Waals surface area contributed by atoms with Gasteiger partial charge in [0.15, 0.2) is 5.78 Å². The largest absolute Gasteiger partial charge is 0.307 e.